The first kappa shape index (κ1) is 21.3. The van der Waals surface area contributed by atoms with Gasteiger partial charge in [0.15, 0.2) is 6.10 Å². The third kappa shape index (κ3) is 4.83. The Bertz CT molecular complexity index is 843. The summed E-state index contributed by atoms with van der Waals surface area (Å²) in [5, 5.41) is 2.53. The van der Waals surface area contributed by atoms with Crippen LogP contribution in [-0.4, -0.2) is 60.2 Å². The van der Waals surface area contributed by atoms with Crippen LogP contribution in [0.1, 0.15) is 22.8 Å². The quantitative estimate of drug-likeness (QED) is 0.466. The molecule has 0 spiro atoms. The number of nitrogens with one attached hydrogen (secondary N) is 1. The number of amides is 2. The number of esters is 1. The van der Waals surface area contributed by atoms with Crippen molar-refractivity contribution < 1.29 is 28.6 Å². The molecule has 0 radical (unpaired) electrons. The van der Waals surface area contributed by atoms with Crippen LogP contribution in [-0.2, 0) is 14.3 Å². The molecule has 8 nitrogen and oxygen atoms in total. The van der Waals surface area contributed by atoms with Crippen molar-refractivity contribution in [3.05, 3.63) is 23.3 Å². The minimum absolute atomic E-state index is 0.178. The molecule has 0 saturated carbocycles. The van der Waals surface area contributed by atoms with Crippen molar-refractivity contribution >= 4 is 32.5 Å². The molecule has 1 heterocycles. The summed E-state index contributed by atoms with van der Waals surface area (Å²) in [4.78, 5) is 37.6. The van der Waals surface area contributed by atoms with E-state index in [2.05, 4.69) is 21.5 Å². The van der Waals surface area contributed by atoms with Crippen molar-refractivity contribution in [1.82, 2.24) is 5.32 Å². The van der Waals surface area contributed by atoms with Gasteiger partial charge in [-0.15, -0.1) is 0 Å². The molecule has 1 atom stereocenters. The monoisotopic (exact) mass is 403 g/mol. The van der Waals surface area contributed by atoms with Gasteiger partial charge in [-0.3, -0.25) is 4.79 Å². The summed E-state index contributed by atoms with van der Waals surface area (Å²) in [7, 11) is 1.72. The number of hydrogen-bond donors (Lipinski definition) is 1. The molecular weight excluding hydrogens is 380 g/mol. The molecule has 9 heteroatoms. The Morgan fingerprint density at radius 3 is 2.61 bits per heavy atom. The fourth-order valence-electron chi connectivity index (χ4n) is 2.60. The van der Waals surface area contributed by atoms with Crippen LogP contribution in [0.4, 0.5) is 10.5 Å². The normalized spacial score (nSPS) is 14.8. The van der Waals surface area contributed by atoms with Gasteiger partial charge in [0, 0.05) is 18.7 Å². The van der Waals surface area contributed by atoms with Crippen LogP contribution in [0.3, 0.4) is 0 Å². The SMILES string of the molecule is COC(=O)NCCN1C(=O)[C@@H](C)Oc2cc(C#C[Si+](C)C)c(C(=O)OC)cc21. The number of methoxy groups -OCH3 is 2. The molecule has 0 aliphatic carbocycles. The van der Waals surface area contributed by atoms with Crippen LogP contribution in [0.5, 0.6) is 5.75 Å². The van der Waals surface area contributed by atoms with E-state index in [1.54, 1.807) is 19.1 Å². The predicted octanol–water partition coefficient (Wildman–Crippen LogP) is 1.59. The number of nitrogens with zero attached hydrogens (tertiary/aromatic N) is 1. The van der Waals surface area contributed by atoms with Gasteiger partial charge in [0.1, 0.15) is 5.75 Å². The highest BCUT2D eigenvalue weighted by Gasteiger charge is 2.33. The van der Waals surface area contributed by atoms with E-state index in [0.29, 0.717) is 17.0 Å². The predicted molar refractivity (Wildman–Crippen MR) is 105 cm³/mol. The molecule has 0 fully saturated rings. The van der Waals surface area contributed by atoms with E-state index < -0.39 is 27.0 Å². The standard InChI is InChI=1S/C19H22N2O6Si/c1-12-17(22)21(8-7-20-19(24)26-3)15-11-14(18(23)25-2)13(6-9-28(4)5)10-16(15)27-12/h10-12H,7-8H2,1-5H3/p+1/t12-/m1/s1. The van der Waals surface area contributed by atoms with Crippen molar-refractivity contribution in [3.8, 4) is 17.2 Å². The minimum atomic E-state index is -0.824. The molecule has 0 bridgehead atoms. The second kappa shape index (κ2) is 9.28. The van der Waals surface area contributed by atoms with Gasteiger partial charge in [0.25, 0.3) is 5.91 Å². The summed E-state index contributed by atoms with van der Waals surface area (Å²) in [5.74, 6) is 2.64. The molecule has 28 heavy (non-hydrogen) atoms. The Hall–Kier alpha value is -2.99. The Morgan fingerprint density at radius 1 is 1.29 bits per heavy atom. The molecular formula is C19H23N2O6Si+. The summed E-state index contributed by atoms with van der Waals surface area (Å²) >= 11 is 0. The number of hydrogen-bond acceptors (Lipinski definition) is 6. The highest BCUT2D eigenvalue weighted by molar-refractivity contribution is 6.64. The van der Waals surface area contributed by atoms with Crippen LogP contribution >= 0.6 is 0 Å². The van der Waals surface area contributed by atoms with Crippen LogP contribution in [0.15, 0.2) is 12.1 Å². The summed E-state index contributed by atoms with van der Waals surface area (Å²) in [6.45, 7) is 6.10. The number of alkyl carbamates (subject to hydrolysis) is 1. The molecule has 1 aliphatic rings. The van der Waals surface area contributed by atoms with E-state index in [0.717, 1.165) is 0 Å². The fraction of sp³-hybridized carbons (Fsp3) is 0.421. The molecule has 1 aromatic carbocycles. The number of ether oxygens (including phenoxy) is 3. The van der Waals surface area contributed by atoms with Crippen molar-refractivity contribution in [2.24, 2.45) is 0 Å². The number of rotatable bonds is 4. The molecule has 0 unspecified atom stereocenters. The maximum absolute atomic E-state index is 12.6. The van der Waals surface area contributed by atoms with Crippen molar-refractivity contribution in [2.45, 2.75) is 26.1 Å². The molecule has 148 valence electrons. The third-order valence-electron chi connectivity index (χ3n) is 3.95. The summed E-state index contributed by atoms with van der Waals surface area (Å²) in [6, 6.07) is 3.20. The van der Waals surface area contributed by atoms with Gasteiger partial charge >= 0.3 is 20.9 Å². The Morgan fingerprint density at radius 2 is 2.00 bits per heavy atom. The Labute approximate surface area is 165 Å². The Balaban J connectivity index is 2.46. The van der Waals surface area contributed by atoms with Gasteiger partial charge in [-0.2, -0.15) is 0 Å². The third-order valence-corrected chi connectivity index (χ3v) is 4.58. The lowest BCUT2D eigenvalue weighted by Crippen LogP contribution is -2.47. The van der Waals surface area contributed by atoms with Crippen LogP contribution < -0.4 is 15.0 Å². The molecule has 1 aromatic rings. The number of carbonyl (C=O) groups excluding carboxylic acids is 3. The lowest BCUT2D eigenvalue weighted by Gasteiger charge is -2.33. The van der Waals surface area contributed by atoms with Crippen LogP contribution in [0, 0.1) is 11.5 Å². The number of benzene rings is 1. The topological polar surface area (TPSA) is 94.2 Å². The maximum atomic E-state index is 12.6. The molecule has 0 saturated heterocycles. The van der Waals surface area contributed by atoms with Crippen molar-refractivity contribution in [2.75, 3.05) is 32.2 Å². The van der Waals surface area contributed by atoms with E-state index in [-0.39, 0.29) is 24.6 Å². The lowest BCUT2D eigenvalue weighted by molar-refractivity contribution is -0.125. The van der Waals surface area contributed by atoms with E-state index in [1.165, 1.54) is 19.1 Å². The minimum Gasteiger partial charge on any atom is -0.479 e. The van der Waals surface area contributed by atoms with E-state index >= 15 is 0 Å². The number of carbonyl (C=O) groups is 3. The molecule has 0 aromatic heterocycles. The second-order valence-electron chi connectivity index (χ2n) is 6.28. The van der Waals surface area contributed by atoms with E-state index in [4.69, 9.17) is 9.47 Å². The lowest BCUT2D eigenvalue weighted by atomic mass is 10.0. The van der Waals surface area contributed by atoms with Gasteiger partial charge in [-0.1, -0.05) is 0 Å². The summed E-state index contributed by atoms with van der Waals surface area (Å²) in [5.41, 5.74) is 4.30. The van der Waals surface area contributed by atoms with Crippen LogP contribution in [0.25, 0.3) is 0 Å². The van der Waals surface area contributed by atoms with Gasteiger partial charge in [-0.05, 0) is 25.0 Å². The summed E-state index contributed by atoms with van der Waals surface area (Å²) < 4.78 is 15.1. The zero-order valence-corrected chi connectivity index (χ0v) is 17.5. The van der Waals surface area contributed by atoms with E-state index in [1.807, 2.05) is 13.1 Å². The largest absolute Gasteiger partial charge is 0.479 e. The first-order chi connectivity index (χ1) is 13.3. The van der Waals surface area contributed by atoms with Gasteiger partial charge < -0.3 is 24.4 Å². The van der Waals surface area contributed by atoms with Crippen LogP contribution in [0.2, 0.25) is 13.1 Å². The molecule has 2 rings (SSSR count). The molecule has 2 amide bonds. The zero-order chi connectivity index (χ0) is 20.8. The van der Waals surface area contributed by atoms with Gasteiger partial charge in [-0.25, -0.2) is 9.59 Å². The van der Waals surface area contributed by atoms with Crippen molar-refractivity contribution in [1.29, 1.82) is 0 Å². The smallest absolute Gasteiger partial charge is 0.406 e. The molecule has 1 aliphatic heterocycles. The average Bonchev–Trinajstić information content (AvgIpc) is 2.67. The van der Waals surface area contributed by atoms with Crippen molar-refractivity contribution in [3.63, 3.8) is 0 Å². The first-order valence-electron chi connectivity index (χ1n) is 8.66. The Kier molecular flexibility index (Phi) is 7.06. The number of anilines is 1. The molecule has 1 N–H and O–H groups in total. The van der Waals surface area contributed by atoms with E-state index in [9.17, 15) is 14.4 Å². The zero-order valence-electron chi connectivity index (χ0n) is 16.5. The fourth-order valence-corrected chi connectivity index (χ4v) is 2.98. The highest BCUT2D eigenvalue weighted by atomic mass is 28.3. The first-order valence-corrected chi connectivity index (χ1v) is 11.2. The number of fused-ring (bicyclic) bond motifs is 1. The summed E-state index contributed by atoms with van der Waals surface area (Å²) in [6.07, 6.45) is -1.29. The van der Waals surface area contributed by atoms with Gasteiger partial charge in [0.05, 0.1) is 44.1 Å². The average molecular weight is 403 g/mol. The highest BCUT2D eigenvalue weighted by Crippen LogP contribution is 2.36. The van der Waals surface area contributed by atoms with Gasteiger partial charge in [0.2, 0.25) is 0 Å². The second-order valence-corrected chi connectivity index (χ2v) is 8.53. The maximum Gasteiger partial charge on any atom is 0.406 e.